The summed E-state index contributed by atoms with van der Waals surface area (Å²) < 4.78 is 5.75. The molecule has 1 atom stereocenters. The Hall–Kier alpha value is -1.57. The molecule has 1 aromatic carbocycles. The standard InChI is InChI=1S/C13H14O2/c1-4-13(3)8-11-7-10(9(2)14)5-6-12(11)15-13/h4-7H,1,8H2,2-3H3. The predicted molar refractivity (Wildman–Crippen MR) is 59.4 cm³/mol. The van der Waals surface area contributed by atoms with Gasteiger partial charge < -0.3 is 4.74 Å². The van der Waals surface area contributed by atoms with Crippen molar-refractivity contribution in [3.05, 3.63) is 42.0 Å². The van der Waals surface area contributed by atoms with Crippen molar-refractivity contribution in [2.24, 2.45) is 0 Å². The molecule has 0 amide bonds. The van der Waals surface area contributed by atoms with Crippen molar-refractivity contribution < 1.29 is 9.53 Å². The van der Waals surface area contributed by atoms with Crippen LogP contribution in [0.4, 0.5) is 0 Å². The lowest BCUT2D eigenvalue weighted by Crippen LogP contribution is -2.26. The van der Waals surface area contributed by atoms with E-state index in [9.17, 15) is 4.79 Å². The van der Waals surface area contributed by atoms with E-state index < -0.39 is 0 Å². The lowest BCUT2D eigenvalue weighted by molar-refractivity contribution is 0.101. The first-order chi connectivity index (χ1) is 7.04. The van der Waals surface area contributed by atoms with Gasteiger partial charge in [-0.3, -0.25) is 4.79 Å². The zero-order valence-electron chi connectivity index (χ0n) is 9.04. The van der Waals surface area contributed by atoms with Crippen molar-refractivity contribution in [1.29, 1.82) is 0 Å². The van der Waals surface area contributed by atoms with Gasteiger partial charge in [0.25, 0.3) is 0 Å². The van der Waals surface area contributed by atoms with E-state index in [-0.39, 0.29) is 11.4 Å². The summed E-state index contributed by atoms with van der Waals surface area (Å²) in [6, 6.07) is 5.57. The number of ether oxygens (including phenoxy) is 1. The van der Waals surface area contributed by atoms with Gasteiger partial charge in [0.2, 0.25) is 0 Å². The molecule has 1 unspecified atom stereocenters. The number of Topliss-reactive ketones (excluding diaryl/α,β-unsaturated/α-hetero) is 1. The molecule has 0 saturated carbocycles. The van der Waals surface area contributed by atoms with E-state index in [4.69, 9.17) is 4.74 Å². The molecule has 1 aliphatic heterocycles. The Kier molecular flexibility index (Phi) is 2.14. The molecule has 2 heteroatoms. The summed E-state index contributed by atoms with van der Waals surface area (Å²) in [7, 11) is 0. The molecule has 2 nitrogen and oxygen atoms in total. The fraction of sp³-hybridized carbons (Fsp3) is 0.308. The molecule has 0 N–H and O–H groups in total. The Labute approximate surface area is 89.6 Å². The maximum absolute atomic E-state index is 11.2. The summed E-state index contributed by atoms with van der Waals surface area (Å²) in [4.78, 5) is 11.2. The van der Waals surface area contributed by atoms with Gasteiger partial charge in [0.1, 0.15) is 11.4 Å². The number of hydrogen-bond acceptors (Lipinski definition) is 2. The topological polar surface area (TPSA) is 26.3 Å². The van der Waals surface area contributed by atoms with Crippen LogP contribution in [0.25, 0.3) is 0 Å². The molecule has 1 heterocycles. The minimum atomic E-state index is -0.322. The Morgan fingerprint density at radius 3 is 2.93 bits per heavy atom. The molecule has 0 saturated heterocycles. The number of carbonyl (C=O) groups is 1. The highest BCUT2D eigenvalue weighted by atomic mass is 16.5. The minimum Gasteiger partial charge on any atom is -0.483 e. The third kappa shape index (κ3) is 1.67. The molecule has 0 fully saturated rings. The summed E-state index contributed by atoms with van der Waals surface area (Å²) >= 11 is 0. The zero-order chi connectivity index (χ0) is 11.1. The second-order valence-electron chi connectivity index (χ2n) is 4.17. The maximum Gasteiger partial charge on any atom is 0.159 e. The summed E-state index contributed by atoms with van der Waals surface area (Å²) in [6.45, 7) is 7.33. The van der Waals surface area contributed by atoms with Gasteiger partial charge in [-0.2, -0.15) is 0 Å². The molecule has 0 spiro atoms. The highest BCUT2D eigenvalue weighted by Crippen LogP contribution is 2.36. The summed E-state index contributed by atoms with van der Waals surface area (Å²) in [6.07, 6.45) is 2.59. The number of benzene rings is 1. The van der Waals surface area contributed by atoms with E-state index in [0.717, 1.165) is 23.3 Å². The molecular weight excluding hydrogens is 188 g/mol. The highest BCUT2D eigenvalue weighted by Gasteiger charge is 2.31. The fourth-order valence-corrected chi connectivity index (χ4v) is 1.82. The SMILES string of the molecule is C=CC1(C)Cc2cc(C(C)=O)ccc2O1. The monoisotopic (exact) mass is 202 g/mol. The van der Waals surface area contributed by atoms with Crippen molar-refractivity contribution in [3.8, 4) is 5.75 Å². The zero-order valence-corrected chi connectivity index (χ0v) is 9.04. The Balaban J connectivity index is 2.39. The number of ketones is 1. The van der Waals surface area contributed by atoms with Crippen LogP contribution in [0.15, 0.2) is 30.9 Å². The van der Waals surface area contributed by atoms with Crippen molar-refractivity contribution >= 4 is 5.78 Å². The largest absolute Gasteiger partial charge is 0.483 e. The number of carbonyl (C=O) groups excluding carboxylic acids is 1. The summed E-state index contributed by atoms with van der Waals surface area (Å²) in [5, 5.41) is 0. The van der Waals surface area contributed by atoms with Crippen LogP contribution < -0.4 is 4.74 Å². The van der Waals surface area contributed by atoms with Gasteiger partial charge in [-0.15, -0.1) is 0 Å². The van der Waals surface area contributed by atoms with Crippen LogP contribution >= 0.6 is 0 Å². The first-order valence-electron chi connectivity index (χ1n) is 5.00. The van der Waals surface area contributed by atoms with Gasteiger partial charge in [-0.1, -0.05) is 6.58 Å². The first-order valence-corrected chi connectivity index (χ1v) is 5.00. The number of fused-ring (bicyclic) bond motifs is 1. The van der Waals surface area contributed by atoms with Crippen molar-refractivity contribution in [1.82, 2.24) is 0 Å². The quantitative estimate of drug-likeness (QED) is 0.544. The van der Waals surface area contributed by atoms with Gasteiger partial charge in [-0.05, 0) is 43.7 Å². The molecule has 15 heavy (non-hydrogen) atoms. The lowest BCUT2D eigenvalue weighted by Gasteiger charge is -2.18. The van der Waals surface area contributed by atoms with Gasteiger partial charge in [0.15, 0.2) is 5.78 Å². The molecule has 0 aromatic heterocycles. The Morgan fingerprint density at radius 2 is 2.33 bits per heavy atom. The average Bonchev–Trinajstić information content (AvgIpc) is 2.53. The molecule has 0 aliphatic carbocycles. The van der Waals surface area contributed by atoms with Crippen LogP contribution in [0.5, 0.6) is 5.75 Å². The lowest BCUT2D eigenvalue weighted by atomic mass is 9.98. The van der Waals surface area contributed by atoms with Gasteiger partial charge in [-0.25, -0.2) is 0 Å². The highest BCUT2D eigenvalue weighted by molar-refractivity contribution is 5.94. The van der Waals surface area contributed by atoms with E-state index in [1.54, 1.807) is 19.1 Å². The fourth-order valence-electron chi connectivity index (χ4n) is 1.82. The molecule has 1 aliphatic rings. The maximum atomic E-state index is 11.2. The second kappa shape index (κ2) is 3.23. The van der Waals surface area contributed by atoms with E-state index in [1.165, 1.54) is 0 Å². The molecule has 2 rings (SSSR count). The smallest absolute Gasteiger partial charge is 0.159 e. The van der Waals surface area contributed by atoms with E-state index in [1.807, 2.05) is 19.1 Å². The second-order valence-corrected chi connectivity index (χ2v) is 4.17. The van der Waals surface area contributed by atoms with E-state index in [0.29, 0.717) is 0 Å². The van der Waals surface area contributed by atoms with E-state index >= 15 is 0 Å². The van der Waals surface area contributed by atoms with Crippen LogP contribution in [0.1, 0.15) is 29.8 Å². The van der Waals surface area contributed by atoms with Crippen molar-refractivity contribution in [2.45, 2.75) is 25.9 Å². The first kappa shape index (κ1) is 9.97. The van der Waals surface area contributed by atoms with Crippen LogP contribution in [0.2, 0.25) is 0 Å². The van der Waals surface area contributed by atoms with Gasteiger partial charge >= 0.3 is 0 Å². The predicted octanol–water partition coefficient (Wildman–Crippen LogP) is 2.77. The Bertz CT molecular complexity index is 434. The molecular formula is C13H14O2. The molecule has 0 radical (unpaired) electrons. The van der Waals surface area contributed by atoms with Crippen LogP contribution in [0.3, 0.4) is 0 Å². The van der Waals surface area contributed by atoms with Crippen molar-refractivity contribution in [2.75, 3.05) is 0 Å². The number of rotatable bonds is 2. The summed E-state index contributed by atoms with van der Waals surface area (Å²) in [5.74, 6) is 0.951. The Morgan fingerprint density at radius 1 is 1.60 bits per heavy atom. The van der Waals surface area contributed by atoms with E-state index in [2.05, 4.69) is 6.58 Å². The molecule has 1 aromatic rings. The minimum absolute atomic E-state index is 0.0880. The van der Waals surface area contributed by atoms with Gasteiger partial charge in [0.05, 0.1) is 0 Å². The van der Waals surface area contributed by atoms with Gasteiger partial charge in [0, 0.05) is 12.0 Å². The third-order valence-electron chi connectivity index (χ3n) is 2.78. The van der Waals surface area contributed by atoms with Crippen molar-refractivity contribution in [3.63, 3.8) is 0 Å². The normalized spacial score (nSPS) is 23.1. The third-order valence-corrected chi connectivity index (χ3v) is 2.78. The molecule has 0 bridgehead atoms. The van der Waals surface area contributed by atoms with Crippen LogP contribution in [0, 0.1) is 0 Å². The number of hydrogen-bond donors (Lipinski definition) is 0. The summed E-state index contributed by atoms with van der Waals surface area (Å²) in [5.41, 5.74) is 1.51. The van der Waals surface area contributed by atoms with Crippen LogP contribution in [-0.4, -0.2) is 11.4 Å². The molecule has 78 valence electrons. The van der Waals surface area contributed by atoms with Crippen LogP contribution in [-0.2, 0) is 6.42 Å². The average molecular weight is 202 g/mol.